The van der Waals surface area contributed by atoms with Gasteiger partial charge in [-0.15, -0.1) is 0 Å². The van der Waals surface area contributed by atoms with E-state index >= 15 is 0 Å². The van der Waals surface area contributed by atoms with Gasteiger partial charge in [0.05, 0.1) is 35.9 Å². The Balaban J connectivity index is 1.98. The molecule has 0 heterocycles. The Labute approximate surface area is 225 Å². The first-order valence-corrected chi connectivity index (χ1v) is 13.0. The van der Waals surface area contributed by atoms with E-state index in [2.05, 4.69) is 44.3 Å². The Morgan fingerprint density at radius 1 is 0.763 bits per heavy atom. The third-order valence-corrected chi connectivity index (χ3v) is 6.13. The number of hydrogen-bond donors (Lipinski definition) is 2. The number of aliphatic hydroxyl groups is 2. The van der Waals surface area contributed by atoms with Gasteiger partial charge in [-0.3, -0.25) is 0 Å². The monoisotopic (exact) mass is 524 g/mol. The number of unbranched alkanes of at least 4 members (excludes halogenated alkanes) is 2. The van der Waals surface area contributed by atoms with Crippen molar-refractivity contribution in [3.05, 3.63) is 78.4 Å². The van der Waals surface area contributed by atoms with Gasteiger partial charge < -0.3 is 24.4 Å². The van der Waals surface area contributed by atoms with Gasteiger partial charge in [0.15, 0.2) is 0 Å². The van der Waals surface area contributed by atoms with Gasteiger partial charge in [-0.05, 0) is 55.5 Å². The number of hydrogen-bond acceptors (Lipinski definition) is 7. The van der Waals surface area contributed by atoms with E-state index in [-0.39, 0.29) is 31.0 Å². The summed E-state index contributed by atoms with van der Waals surface area (Å²) in [5.41, 5.74) is 3.36. The van der Waals surface area contributed by atoms with Crippen molar-refractivity contribution in [2.45, 2.75) is 58.7 Å². The summed E-state index contributed by atoms with van der Waals surface area (Å²) in [6, 6.07) is 16.2. The maximum Gasteiger partial charge on any atom is 0.336 e. The molecule has 0 saturated heterocycles. The first-order chi connectivity index (χ1) is 18.1. The number of aliphatic hydroxyl groups excluding tert-OH is 2. The molecule has 2 aromatic rings. The molecule has 0 aliphatic heterocycles. The Bertz CT molecular complexity index is 1020. The minimum absolute atomic E-state index is 0.0753. The minimum atomic E-state index is -1.04. The van der Waals surface area contributed by atoms with Crippen molar-refractivity contribution in [2.24, 2.45) is 5.92 Å². The number of benzene rings is 2. The maximum absolute atomic E-state index is 12.1. The lowest BCUT2D eigenvalue weighted by atomic mass is 10.0. The number of rotatable bonds is 16. The second-order valence-electron chi connectivity index (χ2n) is 9.45. The topological polar surface area (TPSA) is 102 Å². The molecule has 7 nitrogen and oxygen atoms in total. The van der Waals surface area contributed by atoms with E-state index in [9.17, 15) is 19.8 Å². The van der Waals surface area contributed by atoms with Gasteiger partial charge in [0.25, 0.3) is 0 Å². The Morgan fingerprint density at radius 2 is 1.24 bits per heavy atom. The van der Waals surface area contributed by atoms with E-state index in [0.29, 0.717) is 5.75 Å². The van der Waals surface area contributed by atoms with Crippen LogP contribution >= 0.6 is 0 Å². The fourth-order valence-electron chi connectivity index (χ4n) is 3.46. The van der Waals surface area contributed by atoms with Crippen molar-refractivity contribution in [3.63, 3.8) is 0 Å². The minimum Gasteiger partial charge on any atom is -0.493 e. The standard InChI is InChI=1S/C31H40O7/c1-6-7-8-9-25-10-12-27(13-11-25)28-14-16-29(17-15-28)36-18-26(19-37-30(34)21(2)23(4)32)20-38-31(35)22(3)24(5)33/h10-17,23-24,26,32-33H,2-3,6-9,18-20H2,1,4-5H3. The molecule has 2 aromatic carbocycles. The highest BCUT2D eigenvalue weighted by atomic mass is 16.6. The smallest absolute Gasteiger partial charge is 0.336 e. The molecule has 0 aliphatic rings. The van der Waals surface area contributed by atoms with Crippen LogP contribution in [0.4, 0.5) is 0 Å². The third-order valence-electron chi connectivity index (χ3n) is 6.13. The van der Waals surface area contributed by atoms with Gasteiger partial charge >= 0.3 is 11.9 Å². The number of aryl methyl sites for hydroxylation is 1. The van der Waals surface area contributed by atoms with E-state index < -0.39 is 30.1 Å². The molecule has 0 fully saturated rings. The van der Waals surface area contributed by atoms with Crippen LogP contribution in [0, 0.1) is 5.92 Å². The zero-order valence-corrected chi connectivity index (χ0v) is 22.7. The largest absolute Gasteiger partial charge is 0.493 e. The van der Waals surface area contributed by atoms with Gasteiger partial charge in [-0.2, -0.15) is 0 Å². The van der Waals surface area contributed by atoms with Crippen LogP contribution in [0.15, 0.2) is 72.8 Å². The zero-order valence-electron chi connectivity index (χ0n) is 22.7. The zero-order chi connectivity index (χ0) is 28.1. The molecule has 2 rings (SSSR count). The average Bonchev–Trinajstić information content (AvgIpc) is 2.92. The Kier molecular flexibility index (Phi) is 12.8. The van der Waals surface area contributed by atoms with Crippen LogP contribution in [0.25, 0.3) is 11.1 Å². The predicted molar refractivity (Wildman–Crippen MR) is 148 cm³/mol. The average molecular weight is 525 g/mol. The Hall–Kier alpha value is -3.42. The summed E-state index contributed by atoms with van der Waals surface area (Å²) in [6.45, 7) is 11.9. The highest BCUT2D eigenvalue weighted by Crippen LogP contribution is 2.24. The van der Waals surface area contributed by atoms with Crippen LogP contribution in [0.1, 0.15) is 45.6 Å². The summed E-state index contributed by atoms with van der Waals surface area (Å²) in [5, 5.41) is 19.1. The molecule has 0 aromatic heterocycles. The highest BCUT2D eigenvalue weighted by Gasteiger charge is 2.21. The molecular formula is C31H40O7. The molecule has 0 spiro atoms. The molecule has 0 bridgehead atoms. The molecule has 38 heavy (non-hydrogen) atoms. The number of ether oxygens (including phenoxy) is 3. The van der Waals surface area contributed by atoms with E-state index in [1.165, 1.54) is 38.7 Å². The summed E-state index contributed by atoms with van der Waals surface area (Å²) < 4.78 is 16.4. The highest BCUT2D eigenvalue weighted by molar-refractivity contribution is 5.89. The fourth-order valence-corrected chi connectivity index (χ4v) is 3.46. The molecule has 7 heteroatoms. The normalized spacial score (nSPS) is 13.2. The lowest BCUT2D eigenvalue weighted by Crippen LogP contribution is -2.28. The summed E-state index contributed by atoms with van der Waals surface area (Å²) >= 11 is 0. The van der Waals surface area contributed by atoms with Crippen molar-refractivity contribution in [2.75, 3.05) is 19.8 Å². The van der Waals surface area contributed by atoms with E-state index in [1.54, 1.807) is 0 Å². The molecule has 0 aliphatic carbocycles. The van der Waals surface area contributed by atoms with Gasteiger partial charge in [0, 0.05) is 0 Å². The molecule has 0 radical (unpaired) electrons. The van der Waals surface area contributed by atoms with Crippen molar-refractivity contribution in [1.82, 2.24) is 0 Å². The molecule has 2 atom stereocenters. The van der Waals surface area contributed by atoms with Gasteiger partial charge in [-0.1, -0.05) is 69.3 Å². The second-order valence-corrected chi connectivity index (χ2v) is 9.45. The number of carbonyl (C=O) groups excluding carboxylic acids is 2. The number of carbonyl (C=O) groups is 2. The van der Waals surface area contributed by atoms with Gasteiger partial charge in [-0.25, -0.2) is 9.59 Å². The molecule has 0 saturated carbocycles. The quantitative estimate of drug-likeness (QED) is 0.180. The first-order valence-electron chi connectivity index (χ1n) is 13.0. The summed E-state index contributed by atoms with van der Waals surface area (Å²) in [6.07, 6.45) is 2.66. The molecule has 206 valence electrons. The van der Waals surface area contributed by atoms with Crippen LogP contribution in [0.5, 0.6) is 5.75 Å². The lowest BCUT2D eigenvalue weighted by molar-refractivity contribution is -0.145. The van der Waals surface area contributed by atoms with E-state index in [0.717, 1.165) is 17.5 Å². The third kappa shape index (κ3) is 10.1. The fraction of sp³-hybridized carbons (Fsp3) is 0.419. The predicted octanol–water partition coefficient (Wildman–Crippen LogP) is 5.04. The van der Waals surface area contributed by atoms with Crippen LogP contribution < -0.4 is 4.74 Å². The van der Waals surface area contributed by atoms with Crippen molar-refractivity contribution >= 4 is 11.9 Å². The van der Waals surface area contributed by atoms with Crippen molar-refractivity contribution in [1.29, 1.82) is 0 Å². The van der Waals surface area contributed by atoms with Crippen molar-refractivity contribution < 1.29 is 34.0 Å². The van der Waals surface area contributed by atoms with Crippen LogP contribution in [0.3, 0.4) is 0 Å². The molecule has 2 N–H and O–H groups in total. The number of esters is 2. The lowest BCUT2D eigenvalue weighted by Gasteiger charge is -2.19. The molecule has 2 unspecified atom stereocenters. The van der Waals surface area contributed by atoms with Gasteiger partial charge in [0.1, 0.15) is 19.0 Å². The summed E-state index contributed by atoms with van der Waals surface area (Å²) in [5.74, 6) is -1.39. The van der Waals surface area contributed by atoms with E-state index in [4.69, 9.17) is 14.2 Å². The van der Waals surface area contributed by atoms with Crippen LogP contribution in [-0.4, -0.2) is 54.2 Å². The second kappa shape index (κ2) is 15.7. The maximum atomic E-state index is 12.1. The van der Waals surface area contributed by atoms with E-state index in [1.807, 2.05) is 24.3 Å². The van der Waals surface area contributed by atoms with Gasteiger partial charge in [0.2, 0.25) is 0 Å². The first kappa shape index (κ1) is 30.8. The Morgan fingerprint density at radius 3 is 1.68 bits per heavy atom. The summed E-state index contributed by atoms with van der Waals surface area (Å²) in [7, 11) is 0. The molecule has 0 amide bonds. The molecular weight excluding hydrogens is 484 g/mol. The van der Waals surface area contributed by atoms with Crippen LogP contribution in [0.2, 0.25) is 0 Å². The van der Waals surface area contributed by atoms with Crippen LogP contribution in [-0.2, 0) is 25.5 Å². The van der Waals surface area contributed by atoms with Crippen molar-refractivity contribution in [3.8, 4) is 16.9 Å². The summed E-state index contributed by atoms with van der Waals surface area (Å²) in [4.78, 5) is 24.2. The SMILES string of the molecule is C=C(C(=O)OCC(COC(=O)C(=C)C(C)O)COc1ccc(-c2ccc(CCCCC)cc2)cc1)C(C)O.